The second kappa shape index (κ2) is 7.37. The number of rotatable bonds is 5. The summed E-state index contributed by atoms with van der Waals surface area (Å²) in [6.07, 6.45) is 13.7. The Bertz CT molecular complexity index is 271. The highest BCUT2D eigenvalue weighted by molar-refractivity contribution is 5.79. The Morgan fingerprint density at radius 3 is 2.59 bits per heavy atom. The van der Waals surface area contributed by atoms with Crippen molar-refractivity contribution in [3.63, 3.8) is 0 Å². The molecule has 17 heavy (non-hydrogen) atoms. The third kappa shape index (κ3) is 4.81. The number of hydrogen-bond acceptors (Lipinski definition) is 1. The maximum Gasteiger partial charge on any atom is 0.224 e. The van der Waals surface area contributed by atoms with E-state index in [2.05, 4.69) is 18.2 Å². The summed E-state index contributed by atoms with van der Waals surface area (Å²) >= 11 is 0. The van der Waals surface area contributed by atoms with Crippen LogP contribution in [0.4, 0.5) is 0 Å². The van der Waals surface area contributed by atoms with Crippen molar-refractivity contribution in [1.29, 1.82) is 0 Å². The van der Waals surface area contributed by atoms with Gasteiger partial charge in [0.1, 0.15) is 0 Å². The molecule has 96 valence electrons. The lowest BCUT2D eigenvalue weighted by atomic mass is 9.79. The van der Waals surface area contributed by atoms with E-state index in [1.54, 1.807) is 0 Å². The molecule has 0 heterocycles. The molecule has 1 aliphatic carbocycles. The molecule has 1 amide bonds. The van der Waals surface area contributed by atoms with Crippen LogP contribution in [0.3, 0.4) is 0 Å². The third-order valence-electron chi connectivity index (χ3n) is 3.79. The lowest BCUT2D eigenvalue weighted by molar-refractivity contribution is -0.126. The van der Waals surface area contributed by atoms with Gasteiger partial charge in [0.05, 0.1) is 6.04 Å². The fraction of sp³-hybridized carbons (Fsp3) is 0.800. The van der Waals surface area contributed by atoms with E-state index in [4.69, 9.17) is 6.42 Å². The smallest absolute Gasteiger partial charge is 0.224 e. The molecule has 0 bridgehead atoms. The highest BCUT2D eigenvalue weighted by Gasteiger charge is 2.26. The number of carbonyl (C=O) groups is 1. The number of carbonyl (C=O) groups excluding carboxylic acids is 1. The summed E-state index contributed by atoms with van der Waals surface area (Å²) in [5, 5.41) is 2.88. The van der Waals surface area contributed by atoms with Crippen LogP contribution >= 0.6 is 0 Å². The maximum atomic E-state index is 11.9. The van der Waals surface area contributed by atoms with Crippen LogP contribution in [0.5, 0.6) is 0 Å². The van der Waals surface area contributed by atoms with Crippen molar-refractivity contribution < 1.29 is 4.79 Å². The van der Waals surface area contributed by atoms with Crippen molar-refractivity contribution in [2.75, 3.05) is 0 Å². The normalized spacial score (nSPS) is 25.9. The lowest BCUT2D eigenvalue weighted by Crippen LogP contribution is -2.37. The van der Waals surface area contributed by atoms with Crippen LogP contribution in [-0.4, -0.2) is 11.9 Å². The Morgan fingerprint density at radius 1 is 1.41 bits per heavy atom. The zero-order chi connectivity index (χ0) is 12.7. The minimum absolute atomic E-state index is 0.139. The van der Waals surface area contributed by atoms with Gasteiger partial charge < -0.3 is 5.32 Å². The second-order valence-corrected chi connectivity index (χ2v) is 5.26. The molecule has 1 atom stereocenters. The van der Waals surface area contributed by atoms with Gasteiger partial charge in [0.2, 0.25) is 5.91 Å². The van der Waals surface area contributed by atoms with Crippen LogP contribution in [0.25, 0.3) is 0 Å². The number of nitrogens with one attached hydrogen (secondary N) is 1. The predicted octanol–water partition coefficient (Wildman–Crippen LogP) is 3.12. The molecule has 0 radical (unpaired) electrons. The van der Waals surface area contributed by atoms with E-state index in [1.165, 1.54) is 32.1 Å². The van der Waals surface area contributed by atoms with Gasteiger partial charge in [-0.15, -0.1) is 6.42 Å². The zero-order valence-electron chi connectivity index (χ0n) is 11.2. The lowest BCUT2D eigenvalue weighted by Gasteiger charge is -2.28. The van der Waals surface area contributed by atoms with Crippen LogP contribution in [0.15, 0.2) is 0 Å². The number of amides is 1. The van der Waals surface area contributed by atoms with E-state index in [1.807, 2.05) is 6.92 Å². The van der Waals surface area contributed by atoms with Crippen molar-refractivity contribution in [2.24, 2.45) is 11.8 Å². The number of terminal acetylenes is 1. The van der Waals surface area contributed by atoms with Crippen LogP contribution in [-0.2, 0) is 4.79 Å². The average Bonchev–Trinajstić information content (AvgIpc) is 2.36. The summed E-state index contributed by atoms with van der Waals surface area (Å²) < 4.78 is 0. The Balaban J connectivity index is 2.27. The van der Waals surface area contributed by atoms with E-state index in [9.17, 15) is 4.79 Å². The molecule has 0 aliphatic heterocycles. The molecule has 0 aromatic rings. The molecular formula is C15H25NO. The Morgan fingerprint density at radius 2 is 2.06 bits per heavy atom. The monoisotopic (exact) mass is 235 g/mol. The molecular weight excluding hydrogens is 210 g/mol. The maximum absolute atomic E-state index is 11.9. The van der Waals surface area contributed by atoms with E-state index in [0.29, 0.717) is 0 Å². The van der Waals surface area contributed by atoms with E-state index >= 15 is 0 Å². The fourth-order valence-corrected chi connectivity index (χ4v) is 2.58. The molecule has 1 aliphatic rings. The van der Waals surface area contributed by atoms with E-state index in [-0.39, 0.29) is 17.9 Å². The van der Waals surface area contributed by atoms with Crippen LogP contribution < -0.4 is 5.32 Å². The average molecular weight is 235 g/mol. The molecule has 1 N–H and O–H groups in total. The minimum atomic E-state index is -0.139. The fourth-order valence-electron chi connectivity index (χ4n) is 2.58. The first-order valence-corrected chi connectivity index (χ1v) is 6.93. The molecule has 1 rings (SSSR count). The van der Waals surface area contributed by atoms with Gasteiger partial charge in [0.15, 0.2) is 0 Å². The Hall–Kier alpha value is -0.970. The van der Waals surface area contributed by atoms with Gasteiger partial charge in [-0.1, -0.05) is 32.1 Å². The third-order valence-corrected chi connectivity index (χ3v) is 3.79. The highest BCUT2D eigenvalue weighted by atomic mass is 16.1. The van der Waals surface area contributed by atoms with Gasteiger partial charge in [0.25, 0.3) is 0 Å². The molecule has 0 saturated heterocycles. The van der Waals surface area contributed by atoms with Crippen LogP contribution in [0.1, 0.15) is 58.8 Å². The summed E-state index contributed by atoms with van der Waals surface area (Å²) in [7, 11) is 0. The number of hydrogen-bond donors (Lipinski definition) is 1. The predicted molar refractivity (Wildman–Crippen MR) is 71.4 cm³/mol. The van der Waals surface area contributed by atoms with Crippen molar-refractivity contribution in [3.8, 4) is 12.3 Å². The van der Waals surface area contributed by atoms with Crippen LogP contribution in [0, 0.1) is 24.2 Å². The first-order valence-electron chi connectivity index (χ1n) is 6.93. The van der Waals surface area contributed by atoms with Crippen molar-refractivity contribution in [2.45, 2.75) is 64.8 Å². The van der Waals surface area contributed by atoms with Gasteiger partial charge in [-0.3, -0.25) is 4.79 Å². The van der Waals surface area contributed by atoms with Crippen molar-refractivity contribution in [3.05, 3.63) is 0 Å². The van der Waals surface area contributed by atoms with E-state index < -0.39 is 0 Å². The quantitative estimate of drug-likeness (QED) is 0.729. The standard InChI is InChI=1S/C15H25NO/c1-4-6-7-13-8-10-14(11-9-13)15(17)16-12(3)5-2/h2,12-14H,4,6-11H2,1,3H3,(H,16,17). The Labute approximate surface area is 106 Å². The highest BCUT2D eigenvalue weighted by Crippen LogP contribution is 2.31. The van der Waals surface area contributed by atoms with Gasteiger partial charge in [0, 0.05) is 5.92 Å². The molecule has 1 saturated carbocycles. The molecule has 2 nitrogen and oxygen atoms in total. The zero-order valence-corrected chi connectivity index (χ0v) is 11.2. The first kappa shape index (κ1) is 14.1. The molecule has 0 aromatic carbocycles. The van der Waals surface area contributed by atoms with E-state index in [0.717, 1.165) is 18.8 Å². The Kier molecular flexibility index (Phi) is 6.11. The second-order valence-electron chi connectivity index (χ2n) is 5.26. The van der Waals surface area contributed by atoms with Gasteiger partial charge in [-0.2, -0.15) is 0 Å². The summed E-state index contributed by atoms with van der Waals surface area (Å²) in [6, 6.07) is -0.139. The van der Waals surface area contributed by atoms with Gasteiger partial charge in [-0.25, -0.2) is 0 Å². The first-order chi connectivity index (χ1) is 8.17. The summed E-state index contributed by atoms with van der Waals surface area (Å²) in [5.41, 5.74) is 0. The largest absolute Gasteiger partial charge is 0.343 e. The molecule has 1 unspecified atom stereocenters. The summed E-state index contributed by atoms with van der Waals surface area (Å²) in [6.45, 7) is 4.09. The molecule has 0 spiro atoms. The summed E-state index contributed by atoms with van der Waals surface area (Å²) in [4.78, 5) is 11.9. The van der Waals surface area contributed by atoms with Gasteiger partial charge >= 0.3 is 0 Å². The van der Waals surface area contributed by atoms with Gasteiger partial charge in [-0.05, 0) is 38.5 Å². The molecule has 2 heteroatoms. The molecule has 1 fully saturated rings. The molecule has 0 aromatic heterocycles. The van der Waals surface area contributed by atoms with Crippen molar-refractivity contribution >= 4 is 5.91 Å². The topological polar surface area (TPSA) is 29.1 Å². The van der Waals surface area contributed by atoms with Crippen molar-refractivity contribution in [1.82, 2.24) is 5.32 Å². The van der Waals surface area contributed by atoms with Crippen LogP contribution in [0.2, 0.25) is 0 Å². The SMILES string of the molecule is C#CC(C)NC(=O)C1CCC(CCCC)CC1. The minimum Gasteiger partial charge on any atom is -0.343 e. The summed E-state index contributed by atoms with van der Waals surface area (Å²) in [5.74, 6) is 3.75. The number of unbranched alkanes of at least 4 members (excludes halogenated alkanes) is 1.